The van der Waals surface area contributed by atoms with Gasteiger partial charge in [0.2, 0.25) is 5.91 Å². The average Bonchev–Trinajstić information content (AvgIpc) is 2.75. The Bertz CT molecular complexity index is 729. The summed E-state index contributed by atoms with van der Waals surface area (Å²) in [6, 6.07) is 14.1. The van der Waals surface area contributed by atoms with Crippen LogP contribution in [0.3, 0.4) is 0 Å². The molecule has 0 radical (unpaired) electrons. The minimum absolute atomic E-state index is 0.0393. The van der Waals surface area contributed by atoms with Crippen molar-refractivity contribution in [3.8, 4) is 11.3 Å². The van der Waals surface area contributed by atoms with Gasteiger partial charge in [-0.2, -0.15) is 0 Å². The Morgan fingerprint density at radius 1 is 1.00 bits per heavy atom. The maximum atomic E-state index is 12.8. The predicted molar refractivity (Wildman–Crippen MR) is 99.8 cm³/mol. The van der Waals surface area contributed by atoms with Crippen molar-refractivity contribution >= 4 is 11.7 Å². The van der Waals surface area contributed by atoms with E-state index in [-0.39, 0.29) is 11.8 Å². The largest absolute Gasteiger partial charge is 0.378 e. The number of hydrogen-bond acceptors (Lipinski definition) is 5. The van der Waals surface area contributed by atoms with E-state index in [0.717, 1.165) is 43.0 Å². The molecule has 6 nitrogen and oxygen atoms in total. The second kappa shape index (κ2) is 7.83. The van der Waals surface area contributed by atoms with Crippen molar-refractivity contribution < 1.29 is 9.53 Å². The molecular formula is C20H24N4O2. The minimum atomic E-state index is 0.0393. The Hall–Kier alpha value is -2.47. The van der Waals surface area contributed by atoms with E-state index in [0.29, 0.717) is 26.3 Å². The highest BCUT2D eigenvalue weighted by molar-refractivity contribution is 5.80. The topological polar surface area (TPSA) is 58.6 Å². The molecule has 0 saturated carbocycles. The molecule has 0 spiro atoms. The van der Waals surface area contributed by atoms with Gasteiger partial charge in [0.1, 0.15) is 0 Å². The summed E-state index contributed by atoms with van der Waals surface area (Å²) in [6.45, 7) is 4.35. The van der Waals surface area contributed by atoms with Gasteiger partial charge in [-0.15, -0.1) is 10.2 Å². The Balaban J connectivity index is 1.43. The number of morpholine rings is 1. The number of anilines is 1. The van der Waals surface area contributed by atoms with Crippen molar-refractivity contribution in [1.82, 2.24) is 15.1 Å². The molecule has 26 heavy (non-hydrogen) atoms. The van der Waals surface area contributed by atoms with E-state index in [4.69, 9.17) is 4.74 Å². The summed E-state index contributed by atoms with van der Waals surface area (Å²) in [5.74, 6) is 1.15. The quantitative estimate of drug-likeness (QED) is 0.848. The van der Waals surface area contributed by atoms with E-state index in [1.54, 1.807) is 0 Å². The van der Waals surface area contributed by atoms with Crippen molar-refractivity contribution in [3.05, 3.63) is 42.5 Å². The van der Waals surface area contributed by atoms with Gasteiger partial charge in [0.15, 0.2) is 5.82 Å². The van der Waals surface area contributed by atoms with E-state index < -0.39 is 0 Å². The fourth-order valence-electron chi connectivity index (χ4n) is 3.69. The van der Waals surface area contributed by atoms with E-state index >= 15 is 0 Å². The summed E-state index contributed by atoms with van der Waals surface area (Å²) in [6.07, 6.45) is 1.95. The highest BCUT2D eigenvalue weighted by Gasteiger charge is 2.30. The number of nitrogens with zero attached hydrogens (tertiary/aromatic N) is 4. The first kappa shape index (κ1) is 17.0. The maximum Gasteiger partial charge on any atom is 0.227 e. The van der Waals surface area contributed by atoms with Crippen LogP contribution in [0.2, 0.25) is 0 Å². The zero-order valence-corrected chi connectivity index (χ0v) is 14.9. The lowest BCUT2D eigenvalue weighted by Crippen LogP contribution is -2.48. The number of amides is 1. The van der Waals surface area contributed by atoms with Crippen LogP contribution in [0.1, 0.15) is 12.8 Å². The molecule has 0 aliphatic carbocycles. The highest BCUT2D eigenvalue weighted by Crippen LogP contribution is 2.24. The van der Waals surface area contributed by atoms with Gasteiger partial charge >= 0.3 is 0 Å². The SMILES string of the molecule is O=C(C1CCCN(c2ccc(-c3ccccc3)nn2)C1)N1CCOCC1. The zero-order valence-electron chi connectivity index (χ0n) is 14.9. The first-order chi connectivity index (χ1) is 12.8. The Kier molecular flexibility index (Phi) is 5.11. The second-order valence-electron chi connectivity index (χ2n) is 6.87. The predicted octanol–water partition coefficient (Wildman–Crippen LogP) is 2.22. The van der Waals surface area contributed by atoms with Gasteiger partial charge < -0.3 is 14.5 Å². The molecule has 4 rings (SSSR count). The molecule has 1 aromatic carbocycles. The molecule has 3 heterocycles. The van der Waals surface area contributed by atoms with Crippen LogP contribution < -0.4 is 4.90 Å². The average molecular weight is 352 g/mol. The highest BCUT2D eigenvalue weighted by atomic mass is 16.5. The fraction of sp³-hybridized carbons (Fsp3) is 0.450. The van der Waals surface area contributed by atoms with Crippen molar-refractivity contribution in [3.63, 3.8) is 0 Å². The van der Waals surface area contributed by atoms with Crippen molar-refractivity contribution in [2.45, 2.75) is 12.8 Å². The summed E-state index contributed by atoms with van der Waals surface area (Å²) in [4.78, 5) is 16.9. The van der Waals surface area contributed by atoms with E-state index in [9.17, 15) is 4.79 Å². The third-order valence-electron chi connectivity index (χ3n) is 5.14. The van der Waals surface area contributed by atoms with Crippen molar-refractivity contribution in [2.75, 3.05) is 44.3 Å². The lowest BCUT2D eigenvalue weighted by Gasteiger charge is -2.36. The normalized spacial score (nSPS) is 20.8. The van der Waals surface area contributed by atoms with E-state index in [1.807, 2.05) is 47.4 Å². The van der Waals surface area contributed by atoms with Crippen LogP contribution in [0, 0.1) is 5.92 Å². The van der Waals surface area contributed by atoms with Gasteiger partial charge in [0, 0.05) is 31.7 Å². The molecular weight excluding hydrogens is 328 g/mol. The lowest BCUT2D eigenvalue weighted by molar-refractivity contribution is -0.139. The Morgan fingerprint density at radius 2 is 1.81 bits per heavy atom. The molecule has 2 saturated heterocycles. The molecule has 1 unspecified atom stereocenters. The minimum Gasteiger partial charge on any atom is -0.378 e. The third-order valence-corrected chi connectivity index (χ3v) is 5.14. The van der Waals surface area contributed by atoms with Gasteiger partial charge in [-0.05, 0) is 25.0 Å². The molecule has 136 valence electrons. The number of aromatic nitrogens is 2. The van der Waals surface area contributed by atoms with Gasteiger partial charge in [-0.3, -0.25) is 4.79 Å². The van der Waals surface area contributed by atoms with Crippen molar-refractivity contribution in [1.29, 1.82) is 0 Å². The fourth-order valence-corrected chi connectivity index (χ4v) is 3.69. The first-order valence-corrected chi connectivity index (χ1v) is 9.32. The molecule has 1 atom stereocenters. The van der Waals surface area contributed by atoms with Gasteiger partial charge in [0.25, 0.3) is 0 Å². The summed E-state index contributed by atoms with van der Waals surface area (Å²) >= 11 is 0. The lowest BCUT2D eigenvalue weighted by atomic mass is 9.96. The second-order valence-corrected chi connectivity index (χ2v) is 6.87. The zero-order chi connectivity index (χ0) is 17.8. The van der Waals surface area contributed by atoms with Gasteiger partial charge in [0.05, 0.1) is 24.8 Å². The molecule has 2 aliphatic heterocycles. The standard InChI is InChI=1S/C20H24N4O2/c25-20(23-11-13-26-14-12-23)17-7-4-10-24(15-17)19-9-8-18(21-22-19)16-5-2-1-3-6-16/h1-3,5-6,8-9,17H,4,7,10-15H2. The first-order valence-electron chi connectivity index (χ1n) is 9.32. The van der Waals surface area contributed by atoms with Gasteiger partial charge in [-0.1, -0.05) is 30.3 Å². The maximum absolute atomic E-state index is 12.8. The molecule has 1 amide bonds. The van der Waals surface area contributed by atoms with Crippen LogP contribution in [-0.4, -0.2) is 60.4 Å². The summed E-state index contributed by atoms with van der Waals surface area (Å²) in [7, 11) is 0. The van der Waals surface area contributed by atoms with Crippen LogP contribution in [0.25, 0.3) is 11.3 Å². The number of hydrogen-bond donors (Lipinski definition) is 0. The van der Waals surface area contributed by atoms with Crippen molar-refractivity contribution in [2.24, 2.45) is 5.92 Å². The molecule has 1 aromatic heterocycles. The van der Waals surface area contributed by atoms with E-state index in [1.165, 1.54) is 0 Å². The van der Waals surface area contributed by atoms with E-state index in [2.05, 4.69) is 15.1 Å². The smallest absolute Gasteiger partial charge is 0.227 e. The van der Waals surface area contributed by atoms with Crippen LogP contribution in [0.15, 0.2) is 42.5 Å². The van der Waals surface area contributed by atoms with Gasteiger partial charge in [-0.25, -0.2) is 0 Å². The van der Waals surface area contributed by atoms with Crippen LogP contribution in [0.4, 0.5) is 5.82 Å². The number of carbonyl (C=O) groups excluding carboxylic acids is 1. The number of carbonyl (C=O) groups is 1. The monoisotopic (exact) mass is 352 g/mol. The van der Waals surface area contributed by atoms with Crippen LogP contribution in [0.5, 0.6) is 0 Å². The number of piperidine rings is 1. The molecule has 2 aliphatic rings. The number of benzene rings is 1. The summed E-state index contributed by atoms with van der Waals surface area (Å²) in [5.41, 5.74) is 1.93. The molecule has 0 bridgehead atoms. The number of ether oxygens (including phenoxy) is 1. The summed E-state index contributed by atoms with van der Waals surface area (Å²) in [5, 5.41) is 8.80. The van der Waals surface area contributed by atoms with Crippen LogP contribution in [-0.2, 0) is 9.53 Å². The molecule has 6 heteroatoms. The summed E-state index contributed by atoms with van der Waals surface area (Å²) < 4.78 is 5.35. The van der Waals surface area contributed by atoms with Crippen LogP contribution >= 0.6 is 0 Å². The number of rotatable bonds is 3. The Morgan fingerprint density at radius 3 is 2.54 bits per heavy atom. The molecule has 2 fully saturated rings. The molecule has 2 aromatic rings. The Labute approximate surface area is 153 Å². The molecule has 0 N–H and O–H groups in total. The third kappa shape index (κ3) is 3.70.